The van der Waals surface area contributed by atoms with Crippen LogP contribution in [0.15, 0.2) is 84.5 Å². The van der Waals surface area contributed by atoms with Crippen LogP contribution in [0.1, 0.15) is 33.2 Å². The third-order valence-corrected chi connectivity index (χ3v) is 4.51. The highest BCUT2D eigenvalue weighted by atomic mass is 16.1. The zero-order valence-electron chi connectivity index (χ0n) is 18.5. The summed E-state index contributed by atoms with van der Waals surface area (Å²) in [5, 5.41) is 10.5. The lowest BCUT2D eigenvalue weighted by molar-refractivity contribution is 0.0962. The topological polar surface area (TPSA) is 73.3 Å². The molecule has 5 heteroatoms. The van der Waals surface area contributed by atoms with E-state index in [1.54, 1.807) is 68.6 Å². The number of para-hydroxylation sites is 1. The Bertz CT molecular complexity index is 1050. The number of carbonyl (C=O) groups is 2. The van der Waals surface area contributed by atoms with Crippen LogP contribution in [-0.2, 0) is 6.54 Å². The van der Waals surface area contributed by atoms with Crippen LogP contribution in [0.25, 0.3) is 0 Å². The Morgan fingerprint density at radius 2 is 1.55 bits per heavy atom. The highest BCUT2D eigenvalue weighted by Crippen LogP contribution is 2.23. The Balaban J connectivity index is 2.53. The van der Waals surface area contributed by atoms with Gasteiger partial charge in [0.2, 0.25) is 0 Å². The summed E-state index contributed by atoms with van der Waals surface area (Å²) in [5.41, 5.74) is 2.98. The van der Waals surface area contributed by atoms with Crippen molar-refractivity contribution in [2.75, 3.05) is 26.5 Å². The first-order chi connectivity index (χ1) is 14.8. The van der Waals surface area contributed by atoms with Gasteiger partial charge in [0.25, 0.3) is 0 Å². The van der Waals surface area contributed by atoms with E-state index in [1.807, 2.05) is 43.3 Å². The second kappa shape index (κ2) is 11.6. The number of benzene rings is 2. The van der Waals surface area contributed by atoms with Crippen molar-refractivity contribution in [1.29, 1.82) is 5.41 Å². The van der Waals surface area contributed by atoms with Crippen molar-refractivity contribution in [3.05, 3.63) is 101 Å². The highest BCUT2D eigenvalue weighted by Gasteiger charge is 2.24. The summed E-state index contributed by atoms with van der Waals surface area (Å²) in [6.45, 7) is 2.27. The van der Waals surface area contributed by atoms with Gasteiger partial charge in [0, 0.05) is 36.1 Å². The number of ketones is 2. The number of anilines is 1. The van der Waals surface area contributed by atoms with E-state index < -0.39 is 0 Å². The summed E-state index contributed by atoms with van der Waals surface area (Å²) in [6, 6.07) is 14.5. The SMILES string of the molecule is CNc1ccccc1C(=O)\C(=C/C=C/C=C\C(C)=N)C(=O)c1ccccc1CN(C)C. The van der Waals surface area contributed by atoms with Gasteiger partial charge in [0.15, 0.2) is 11.6 Å². The zero-order chi connectivity index (χ0) is 22.8. The van der Waals surface area contributed by atoms with Crippen molar-refractivity contribution in [1.82, 2.24) is 4.90 Å². The number of rotatable bonds is 10. The van der Waals surface area contributed by atoms with E-state index in [0.29, 0.717) is 29.1 Å². The standard InChI is InChI=1S/C26H29N3O2/c1-19(27)12-6-5-7-16-23(26(31)22-15-10-11-17-24(22)28-2)25(30)21-14-9-8-13-20(21)18-29(3)4/h5-17,27-28H,18H2,1-4H3/b7-5+,12-6-,23-16-,27-19?. The first-order valence-corrected chi connectivity index (χ1v) is 10.0. The molecule has 0 saturated carbocycles. The molecular formula is C26H29N3O2. The van der Waals surface area contributed by atoms with Crippen LogP contribution < -0.4 is 5.32 Å². The quantitative estimate of drug-likeness (QED) is 0.144. The predicted octanol–water partition coefficient (Wildman–Crippen LogP) is 4.93. The molecule has 0 saturated heterocycles. The van der Waals surface area contributed by atoms with E-state index in [-0.39, 0.29) is 17.1 Å². The Hall–Kier alpha value is -3.57. The lowest BCUT2D eigenvalue weighted by atomic mass is 9.92. The minimum atomic E-state index is -0.341. The fourth-order valence-corrected chi connectivity index (χ4v) is 3.08. The van der Waals surface area contributed by atoms with E-state index in [2.05, 4.69) is 5.32 Å². The lowest BCUT2D eigenvalue weighted by Gasteiger charge is -2.15. The molecule has 0 radical (unpaired) electrons. The number of nitrogens with one attached hydrogen (secondary N) is 2. The number of Topliss-reactive ketones (excluding diaryl/α,β-unsaturated/α-hetero) is 2. The maximum Gasteiger partial charge on any atom is 0.199 e. The average Bonchev–Trinajstić information content (AvgIpc) is 2.75. The molecule has 31 heavy (non-hydrogen) atoms. The maximum absolute atomic E-state index is 13.5. The normalized spacial score (nSPS) is 12.0. The Kier molecular flexibility index (Phi) is 8.85. The van der Waals surface area contributed by atoms with Crippen LogP contribution >= 0.6 is 0 Å². The Morgan fingerprint density at radius 3 is 2.19 bits per heavy atom. The van der Waals surface area contributed by atoms with Gasteiger partial charge in [-0.05, 0) is 50.9 Å². The average molecular weight is 416 g/mol. The highest BCUT2D eigenvalue weighted by molar-refractivity contribution is 6.32. The summed E-state index contributed by atoms with van der Waals surface area (Å²) in [5.74, 6) is -0.656. The molecule has 160 valence electrons. The molecule has 0 atom stereocenters. The molecule has 0 fully saturated rings. The molecular weight excluding hydrogens is 386 g/mol. The van der Waals surface area contributed by atoms with Crippen LogP contribution in [0.4, 0.5) is 5.69 Å². The van der Waals surface area contributed by atoms with E-state index >= 15 is 0 Å². The number of hydrogen-bond acceptors (Lipinski definition) is 5. The molecule has 0 unspecified atom stereocenters. The molecule has 0 bridgehead atoms. The first-order valence-electron chi connectivity index (χ1n) is 10.0. The number of nitrogens with zero attached hydrogens (tertiary/aromatic N) is 1. The van der Waals surface area contributed by atoms with Crippen molar-refractivity contribution in [3.8, 4) is 0 Å². The van der Waals surface area contributed by atoms with Gasteiger partial charge < -0.3 is 15.6 Å². The van der Waals surface area contributed by atoms with Gasteiger partial charge in [-0.3, -0.25) is 9.59 Å². The second-order valence-corrected chi connectivity index (χ2v) is 7.36. The van der Waals surface area contributed by atoms with E-state index in [4.69, 9.17) is 5.41 Å². The molecule has 0 aromatic heterocycles. The van der Waals surface area contributed by atoms with E-state index in [1.165, 1.54) is 0 Å². The van der Waals surface area contributed by atoms with Crippen molar-refractivity contribution < 1.29 is 9.59 Å². The van der Waals surface area contributed by atoms with Gasteiger partial charge in [0.05, 0.1) is 5.57 Å². The molecule has 2 rings (SSSR count). The van der Waals surface area contributed by atoms with Crippen LogP contribution in [0.3, 0.4) is 0 Å². The van der Waals surface area contributed by atoms with Crippen molar-refractivity contribution in [3.63, 3.8) is 0 Å². The summed E-state index contributed by atoms with van der Waals surface area (Å²) in [7, 11) is 5.62. The molecule has 0 spiro atoms. The molecule has 2 aromatic rings. The van der Waals surface area contributed by atoms with Crippen LogP contribution in [0.5, 0.6) is 0 Å². The molecule has 0 heterocycles. The van der Waals surface area contributed by atoms with E-state index in [9.17, 15) is 9.59 Å². The molecule has 0 aliphatic rings. The van der Waals surface area contributed by atoms with Crippen LogP contribution in [-0.4, -0.2) is 43.3 Å². The van der Waals surface area contributed by atoms with Gasteiger partial charge in [-0.2, -0.15) is 0 Å². The smallest absolute Gasteiger partial charge is 0.199 e. The summed E-state index contributed by atoms with van der Waals surface area (Å²) < 4.78 is 0. The maximum atomic E-state index is 13.5. The second-order valence-electron chi connectivity index (χ2n) is 7.36. The molecule has 0 amide bonds. The Morgan fingerprint density at radius 1 is 0.935 bits per heavy atom. The Labute approximate surface area is 184 Å². The number of allylic oxidation sites excluding steroid dienone is 6. The van der Waals surface area contributed by atoms with Crippen molar-refractivity contribution in [2.24, 2.45) is 0 Å². The number of hydrogen-bond donors (Lipinski definition) is 2. The zero-order valence-corrected chi connectivity index (χ0v) is 18.5. The largest absolute Gasteiger partial charge is 0.388 e. The van der Waals surface area contributed by atoms with Gasteiger partial charge in [0.1, 0.15) is 0 Å². The first kappa shape index (κ1) is 23.7. The molecule has 2 aromatic carbocycles. The predicted molar refractivity (Wildman–Crippen MR) is 128 cm³/mol. The fourth-order valence-electron chi connectivity index (χ4n) is 3.08. The lowest BCUT2D eigenvalue weighted by Crippen LogP contribution is -2.19. The monoisotopic (exact) mass is 415 g/mol. The summed E-state index contributed by atoms with van der Waals surface area (Å²) in [4.78, 5) is 28.9. The van der Waals surface area contributed by atoms with Gasteiger partial charge in [-0.25, -0.2) is 0 Å². The van der Waals surface area contributed by atoms with Crippen LogP contribution in [0.2, 0.25) is 0 Å². The minimum Gasteiger partial charge on any atom is -0.388 e. The van der Waals surface area contributed by atoms with Gasteiger partial charge in [-0.15, -0.1) is 0 Å². The minimum absolute atomic E-state index is 0.0881. The van der Waals surface area contributed by atoms with Crippen LogP contribution in [0, 0.1) is 5.41 Å². The van der Waals surface area contributed by atoms with Crippen molar-refractivity contribution >= 4 is 23.0 Å². The summed E-state index contributed by atoms with van der Waals surface area (Å²) >= 11 is 0. The molecule has 0 aliphatic carbocycles. The number of carbonyl (C=O) groups excluding carboxylic acids is 2. The summed E-state index contributed by atoms with van der Waals surface area (Å²) in [6.07, 6.45) is 8.24. The third kappa shape index (κ3) is 6.73. The molecule has 0 aliphatic heterocycles. The van der Waals surface area contributed by atoms with E-state index in [0.717, 1.165) is 5.56 Å². The van der Waals surface area contributed by atoms with Gasteiger partial charge >= 0.3 is 0 Å². The van der Waals surface area contributed by atoms with Crippen molar-refractivity contribution in [2.45, 2.75) is 13.5 Å². The third-order valence-electron chi connectivity index (χ3n) is 4.51. The van der Waals surface area contributed by atoms with Gasteiger partial charge in [-0.1, -0.05) is 54.6 Å². The fraction of sp³-hybridized carbons (Fsp3) is 0.192. The molecule has 5 nitrogen and oxygen atoms in total. The molecule has 2 N–H and O–H groups in total.